The van der Waals surface area contributed by atoms with Gasteiger partial charge in [0, 0.05) is 19.1 Å². The number of nitrogens with two attached hydrogens (primary N) is 2. The Morgan fingerprint density at radius 3 is 2.74 bits per heavy atom. The van der Waals surface area contributed by atoms with E-state index in [4.69, 9.17) is 11.5 Å². The Labute approximate surface area is 117 Å². The van der Waals surface area contributed by atoms with Crippen molar-refractivity contribution in [3.8, 4) is 0 Å². The summed E-state index contributed by atoms with van der Waals surface area (Å²) in [6.07, 6.45) is 3.00. The van der Waals surface area contributed by atoms with Crippen molar-refractivity contribution in [2.75, 3.05) is 23.7 Å². The van der Waals surface area contributed by atoms with E-state index in [1.807, 2.05) is 4.90 Å². The van der Waals surface area contributed by atoms with Crippen LogP contribution < -0.4 is 16.4 Å². The van der Waals surface area contributed by atoms with Crippen LogP contribution in [-0.4, -0.2) is 33.7 Å². The average molecular weight is 329 g/mol. The molecule has 0 unspecified atom stereocenters. The van der Waals surface area contributed by atoms with Gasteiger partial charge in [-0.05, 0) is 28.8 Å². The Bertz CT molecular complexity index is 619. The van der Waals surface area contributed by atoms with Crippen LogP contribution in [0.3, 0.4) is 0 Å². The SMILES string of the molecule is Nc1ncnn2c(N3CCC(N)CC3)c(F)c(Br)c12. The molecule has 8 heteroatoms. The maximum Gasteiger partial charge on any atom is 0.182 e. The lowest BCUT2D eigenvalue weighted by Crippen LogP contribution is -2.40. The van der Waals surface area contributed by atoms with Crippen LogP contribution in [0.15, 0.2) is 10.8 Å². The Hall–Kier alpha value is -1.41. The fourth-order valence-electron chi connectivity index (χ4n) is 2.41. The van der Waals surface area contributed by atoms with E-state index in [2.05, 4.69) is 26.0 Å². The monoisotopic (exact) mass is 328 g/mol. The van der Waals surface area contributed by atoms with Crippen LogP contribution in [0, 0.1) is 5.82 Å². The van der Waals surface area contributed by atoms with Gasteiger partial charge in [0.25, 0.3) is 0 Å². The summed E-state index contributed by atoms with van der Waals surface area (Å²) >= 11 is 3.22. The minimum absolute atomic E-state index is 0.189. The van der Waals surface area contributed by atoms with Crippen molar-refractivity contribution in [2.45, 2.75) is 18.9 Å². The third-order valence-electron chi connectivity index (χ3n) is 3.46. The van der Waals surface area contributed by atoms with E-state index in [1.165, 1.54) is 10.8 Å². The number of halogens is 2. The zero-order valence-corrected chi connectivity index (χ0v) is 11.8. The van der Waals surface area contributed by atoms with E-state index in [0.717, 1.165) is 12.8 Å². The van der Waals surface area contributed by atoms with Crippen LogP contribution in [0.25, 0.3) is 5.52 Å². The number of rotatable bonds is 1. The molecule has 102 valence electrons. The van der Waals surface area contributed by atoms with Gasteiger partial charge in [0.2, 0.25) is 0 Å². The van der Waals surface area contributed by atoms with E-state index in [0.29, 0.717) is 28.9 Å². The molecule has 6 nitrogen and oxygen atoms in total. The predicted molar refractivity (Wildman–Crippen MR) is 74.5 cm³/mol. The molecule has 1 aliphatic heterocycles. The number of nitrogen functional groups attached to an aromatic ring is 1. The molecule has 3 heterocycles. The number of anilines is 2. The third-order valence-corrected chi connectivity index (χ3v) is 4.18. The molecule has 0 spiro atoms. The largest absolute Gasteiger partial charge is 0.382 e. The first-order valence-electron chi connectivity index (χ1n) is 6.06. The van der Waals surface area contributed by atoms with Crippen molar-refractivity contribution in [3.63, 3.8) is 0 Å². The maximum atomic E-state index is 14.4. The lowest BCUT2D eigenvalue weighted by atomic mass is 10.1. The third kappa shape index (κ3) is 1.95. The van der Waals surface area contributed by atoms with Crippen molar-refractivity contribution in [1.29, 1.82) is 0 Å². The molecule has 0 radical (unpaired) electrons. The summed E-state index contributed by atoms with van der Waals surface area (Å²) in [4.78, 5) is 5.84. The fraction of sp³-hybridized carbons (Fsp3) is 0.455. The molecular formula is C11H14BrFN6. The van der Waals surface area contributed by atoms with Gasteiger partial charge in [-0.2, -0.15) is 5.10 Å². The minimum Gasteiger partial charge on any atom is -0.382 e. The fourth-order valence-corrected chi connectivity index (χ4v) is 2.96. The number of nitrogens with zero attached hydrogens (tertiary/aromatic N) is 4. The van der Waals surface area contributed by atoms with Gasteiger partial charge < -0.3 is 16.4 Å². The molecule has 3 rings (SSSR count). The lowest BCUT2D eigenvalue weighted by Gasteiger charge is -2.31. The topological polar surface area (TPSA) is 85.5 Å². The van der Waals surface area contributed by atoms with Crippen LogP contribution in [0.1, 0.15) is 12.8 Å². The predicted octanol–water partition coefficient (Wildman–Crippen LogP) is 1.14. The summed E-state index contributed by atoms with van der Waals surface area (Å²) in [5.74, 6) is 0.311. The molecule has 19 heavy (non-hydrogen) atoms. The zero-order chi connectivity index (χ0) is 13.6. The number of hydrogen-bond donors (Lipinski definition) is 2. The highest BCUT2D eigenvalue weighted by molar-refractivity contribution is 9.10. The zero-order valence-electron chi connectivity index (χ0n) is 10.2. The normalized spacial score (nSPS) is 17.3. The molecule has 4 N–H and O–H groups in total. The molecule has 0 atom stereocenters. The van der Waals surface area contributed by atoms with Gasteiger partial charge in [-0.1, -0.05) is 0 Å². The summed E-state index contributed by atoms with van der Waals surface area (Å²) in [6, 6.07) is 0.189. The van der Waals surface area contributed by atoms with E-state index in [-0.39, 0.29) is 17.7 Å². The molecule has 0 bridgehead atoms. The Balaban J connectivity index is 2.13. The molecule has 2 aromatic heterocycles. The number of aromatic nitrogens is 3. The summed E-state index contributed by atoms with van der Waals surface area (Å²) in [5, 5.41) is 4.10. The molecule has 0 aromatic carbocycles. The van der Waals surface area contributed by atoms with Crippen LogP contribution in [0.5, 0.6) is 0 Å². The quantitative estimate of drug-likeness (QED) is 0.819. The lowest BCUT2D eigenvalue weighted by molar-refractivity contribution is 0.488. The molecule has 0 amide bonds. The van der Waals surface area contributed by atoms with Gasteiger partial charge >= 0.3 is 0 Å². The molecule has 1 fully saturated rings. The summed E-state index contributed by atoms with van der Waals surface area (Å²) in [6.45, 7) is 1.42. The molecule has 0 aliphatic carbocycles. The maximum absolute atomic E-state index is 14.4. The van der Waals surface area contributed by atoms with Crippen LogP contribution in [0.2, 0.25) is 0 Å². The second-order valence-corrected chi connectivity index (χ2v) is 5.47. The van der Waals surface area contributed by atoms with Crippen molar-refractivity contribution < 1.29 is 4.39 Å². The molecular weight excluding hydrogens is 315 g/mol. The van der Waals surface area contributed by atoms with E-state index >= 15 is 0 Å². The first-order valence-corrected chi connectivity index (χ1v) is 6.85. The van der Waals surface area contributed by atoms with E-state index < -0.39 is 0 Å². The van der Waals surface area contributed by atoms with Gasteiger partial charge in [-0.3, -0.25) is 0 Å². The first kappa shape index (κ1) is 12.6. The summed E-state index contributed by atoms with van der Waals surface area (Å²) in [7, 11) is 0. The van der Waals surface area contributed by atoms with Crippen molar-refractivity contribution in [1.82, 2.24) is 14.6 Å². The van der Waals surface area contributed by atoms with E-state index in [9.17, 15) is 4.39 Å². The standard InChI is InChI=1S/C11H14BrFN6/c12-7-8(13)11(18-3-1-6(14)2-4-18)19-9(7)10(15)16-5-17-19/h5-6H,1-4,14H2,(H2,15,16,17). The average Bonchev–Trinajstić information content (AvgIpc) is 2.65. The van der Waals surface area contributed by atoms with Crippen molar-refractivity contribution in [3.05, 3.63) is 16.6 Å². The highest BCUT2D eigenvalue weighted by Gasteiger charge is 2.26. The van der Waals surface area contributed by atoms with Gasteiger partial charge in [-0.25, -0.2) is 13.9 Å². The summed E-state index contributed by atoms with van der Waals surface area (Å²) < 4.78 is 16.2. The van der Waals surface area contributed by atoms with Gasteiger partial charge in [-0.15, -0.1) is 0 Å². The van der Waals surface area contributed by atoms with Crippen LogP contribution in [-0.2, 0) is 0 Å². The second-order valence-electron chi connectivity index (χ2n) is 4.68. The van der Waals surface area contributed by atoms with Crippen LogP contribution >= 0.6 is 15.9 Å². The molecule has 2 aromatic rings. The first-order chi connectivity index (χ1) is 9.09. The minimum atomic E-state index is -0.359. The van der Waals surface area contributed by atoms with Crippen LogP contribution in [0.4, 0.5) is 16.0 Å². The Kier molecular flexibility index (Phi) is 3.06. The van der Waals surface area contributed by atoms with Crippen molar-refractivity contribution in [2.24, 2.45) is 5.73 Å². The Morgan fingerprint density at radius 1 is 1.37 bits per heavy atom. The van der Waals surface area contributed by atoms with Gasteiger partial charge in [0.15, 0.2) is 17.5 Å². The highest BCUT2D eigenvalue weighted by atomic mass is 79.9. The molecule has 1 aliphatic rings. The van der Waals surface area contributed by atoms with Crippen molar-refractivity contribution >= 4 is 33.1 Å². The number of hydrogen-bond acceptors (Lipinski definition) is 5. The Morgan fingerprint density at radius 2 is 2.05 bits per heavy atom. The van der Waals surface area contributed by atoms with Gasteiger partial charge in [0.1, 0.15) is 11.8 Å². The second kappa shape index (κ2) is 4.61. The summed E-state index contributed by atoms with van der Waals surface area (Å²) in [5.41, 5.74) is 12.1. The number of piperidine rings is 1. The molecule has 1 saturated heterocycles. The smallest absolute Gasteiger partial charge is 0.182 e. The molecule has 0 saturated carbocycles. The van der Waals surface area contributed by atoms with E-state index in [1.54, 1.807) is 0 Å². The highest BCUT2D eigenvalue weighted by Crippen LogP contribution is 2.35. The van der Waals surface area contributed by atoms with Gasteiger partial charge in [0.05, 0.1) is 4.47 Å². The number of fused-ring (bicyclic) bond motifs is 1.